The molecule has 7 nitrogen and oxygen atoms in total. The van der Waals surface area contributed by atoms with Crippen LogP contribution in [0.2, 0.25) is 0 Å². The van der Waals surface area contributed by atoms with Gasteiger partial charge in [-0.3, -0.25) is 9.05 Å². The Balaban J connectivity index is 3.61. The van der Waals surface area contributed by atoms with Crippen LogP contribution < -0.4 is 5.32 Å². The van der Waals surface area contributed by atoms with Crippen LogP contribution in [0.4, 0.5) is 0 Å². The van der Waals surface area contributed by atoms with Crippen molar-refractivity contribution in [2.75, 3.05) is 39.6 Å². The lowest BCUT2D eigenvalue weighted by Gasteiger charge is -2.19. The highest BCUT2D eigenvalue weighted by Gasteiger charge is 2.23. The van der Waals surface area contributed by atoms with Crippen molar-refractivity contribution >= 4 is 7.82 Å². The second-order valence-electron chi connectivity index (χ2n) is 9.45. The van der Waals surface area contributed by atoms with Crippen LogP contribution in [0.25, 0.3) is 0 Å². The van der Waals surface area contributed by atoms with Crippen molar-refractivity contribution < 1.29 is 28.0 Å². The molecule has 0 aliphatic heterocycles. The Labute approximate surface area is 210 Å². The van der Waals surface area contributed by atoms with E-state index < -0.39 is 7.82 Å². The van der Waals surface area contributed by atoms with Crippen LogP contribution in [0.5, 0.6) is 0 Å². The Bertz CT molecular complexity index is 467. The molecule has 0 heterocycles. The monoisotopic (exact) mass is 509 g/mol. The first-order valence-corrected chi connectivity index (χ1v) is 15.4. The number of hydrogen-bond acceptors (Lipinski definition) is 6. The fraction of sp³-hybridized carbons (Fsp3) is 1.00. The molecule has 0 aliphatic rings. The number of nitrogens with one attached hydrogen (secondary N) is 1. The van der Waals surface area contributed by atoms with Crippen molar-refractivity contribution in [3.8, 4) is 0 Å². The van der Waals surface area contributed by atoms with E-state index >= 15 is 0 Å². The standard InChI is InChI=1S/C26H56NO6P/c1-5-7-8-9-10-11-12-13-14-15-16-17-18-19-21-30-23-26(31-6-2)24-33-34(28,29)32-22-20-27-25(3)4/h25-27H,5-24H2,1-4H3,(H,28,29)/t26-/m0/s1. The number of ether oxygens (including phenoxy) is 2. The molecular formula is C26H56NO6P. The summed E-state index contributed by atoms with van der Waals surface area (Å²) in [4.78, 5) is 9.80. The minimum absolute atomic E-state index is 0.0298. The Morgan fingerprint density at radius 1 is 0.735 bits per heavy atom. The second kappa shape index (κ2) is 24.7. The summed E-state index contributed by atoms with van der Waals surface area (Å²) < 4.78 is 33.3. The smallest absolute Gasteiger partial charge is 0.379 e. The summed E-state index contributed by atoms with van der Waals surface area (Å²) in [6.45, 7) is 10.2. The van der Waals surface area contributed by atoms with Crippen LogP contribution in [0, 0.1) is 0 Å². The molecule has 0 bridgehead atoms. The maximum Gasteiger partial charge on any atom is 0.472 e. The highest BCUT2D eigenvalue weighted by Crippen LogP contribution is 2.43. The molecule has 0 saturated carbocycles. The van der Waals surface area contributed by atoms with Gasteiger partial charge in [0.15, 0.2) is 0 Å². The van der Waals surface area contributed by atoms with Crippen LogP contribution >= 0.6 is 7.82 Å². The topological polar surface area (TPSA) is 86.3 Å². The zero-order chi connectivity index (χ0) is 25.3. The van der Waals surface area contributed by atoms with Gasteiger partial charge in [-0.15, -0.1) is 0 Å². The molecule has 34 heavy (non-hydrogen) atoms. The van der Waals surface area contributed by atoms with Gasteiger partial charge in [-0.2, -0.15) is 0 Å². The lowest BCUT2D eigenvalue weighted by atomic mass is 10.0. The van der Waals surface area contributed by atoms with Gasteiger partial charge in [-0.1, -0.05) is 104 Å². The summed E-state index contributed by atoms with van der Waals surface area (Å²) in [6.07, 6.45) is 18.3. The molecule has 2 N–H and O–H groups in total. The highest BCUT2D eigenvalue weighted by atomic mass is 31.2. The van der Waals surface area contributed by atoms with E-state index in [-0.39, 0.29) is 19.3 Å². The largest absolute Gasteiger partial charge is 0.472 e. The van der Waals surface area contributed by atoms with Crippen molar-refractivity contribution in [1.82, 2.24) is 5.32 Å². The zero-order valence-corrected chi connectivity index (χ0v) is 23.6. The van der Waals surface area contributed by atoms with Gasteiger partial charge >= 0.3 is 7.82 Å². The summed E-state index contributed by atoms with van der Waals surface area (Å²) in [6, 6.07) is 0.293. The van der Waals surface area contributed by atoms with Gasteiger partial charge in [0.25, 0.3) is 0 Å². The molecule has 0 fully saturated rings. The van der Waals surface area contributed by atoms with Crippen molar-refractivity contribution in [1.29, 1.82) is 0 Å². The molecule has 0 amide bonds. The van der Waals surface area contributed by atoms with Gasteiger partial charge in [-0.25, -0.2) is 4.57 Å². The predicted molar refractivity (Wildman–Crippen MR) is 141 cm³/mol. The SMILES string of the molecule is CCCCCCCCCCCCCCCCOC[C@@H](COP(=O)(O)OCCNC(C)C)OCC. The Hall–Kier alpha value is -0.0100. The molecule has 2 atom stereocenters. The molecule has 0 radical (unpaired) electrons. The third-order valence-electron chi connectivity index (χ3n) is 5.68. The summed E-state index contributed by atoms with van der Waals surface area (Å²) >= 11 is 0. The molecule has 8 heteroatoms. The number of phosphoric acid groups is 1. The van der Waals surface area contributed by atoms with E-state index in [9.17, 15) is 9.46 Å². The Morgan fingerprint density at radius 2 is 1.26 bits per heavy atom. The molecule has 0 aliphatic carbocycles. The minimum atomic E-state index is -4.08. The molecule has 206 valence electrons. The average Bonchev–Trinajstić information content (AvgIpc) is 2.80. The molecule has 0 rings (SSSR count). The first-order valence-electron chi connectivity index (χ1n) is 14.0. The lowest BCUT2D eigenvalue weighted by Crippen LogP contribution is -2.27. The van der Waals surface area contributed by atoms with Gasteiger partial charge in [0.2, 0.25) is 0 Å². The average molecular weight is 510 g/mol. The summed E-state index contributed by atoms with van der Waals surface area (Å²) in [5, 5.41) is 3.12. The van der Waals surface area contributed by atoms with Crippen LogP contribution in [-0.4, -0.2) is 56.6 Å². The van der Waals surface area contributed by atoms with E-state index in [0.29, 0.717) is 32.4 Å². The van der Waals surface area contributed by atoms with E-state index in [4.69, 9.17) is 18.5 Å². The van der Waals surface area contributed by atoms with Gasteiger partial charge in [0.05, 0.1) is 19.8 Å². The fourth-order valence-electron chi connectivity index (χ4n) is 3.72. The van der Waals surface area contributed by atoms with Crippen LogP contribution in [0.1, 0.15) is 118 Å². The molecule has 1 unspecified atom stereocenters. The minimum Gasteiger partial charge on any atom is -0.379 e. The van der Waals surface area contributed by atoms with Gasteiger partial charge in [0.1, 0.15) is 6.10 Å². The number of unbranched alkanes of at least 4 members (excludes halogenated alkanes) is 13. The highest BCUT2D eigenvalue weighted by molar-refractivity contribution is 7.47. The molecule has 0 spiro atoms. The van der Waals surface area contributed by atoms with Crippen molar-refractivity contribution in [3.05, 3.63) is 0 Å². The summed E-state index contributed by atoms with van der Waals surface area (Å²) in [7, 11) is -4.08. The normalized spacial score (nSPS) is 14.5. The number of rotatable bonds is 27. The molecule has 0 saturated heterocycles. The lowest BCUT2D eigenvalue weighted by molar-refractivity contribution is -0.0392. The van der Waals surface area contributed by atoms with Crippen molar-refractivity contribution in [2.45, 2.75) is 130 Å². The fourth-order valence-corrected chi connectivity index (χ4v) is 4.47. The molecular weight excluding hydrogens is 453 g/mol. The van der Waals surface area contributed by atoms with Crippen LogP contribution in [0.3, 0.4) is 0 Å². The Morgan fingerprint density at radius 3 is 1.76 bits per heavy atom. The van der Waals surface area contributed by atoms with E-state index in [0.717, 1.165) is 6.42 Å². The van der Waals surface area contributed by atoms with Crippen molar-refractivity contribution in [3.63, 3.8) is 0 Å². The maximum absolute atomic E-state index is 12.0. The van der Waals surface area contributed by atoms with Crippen molar-refractivity contribution in [2.24, 2.45) is 0 Å². The van der Waals surface area contributed by atoms with E-state index in [1.54, 1.807) is 0 Å². The number of phosphoric ester groups is 1. The number of hydrogen-bond donors (Lipinski definition) is 2. The van der Waals surface area contributed by atoms with Gasteiger partial charge < -0.3 is 19.7 Å². The first kappa shape index (κ1) is 34.0. The third kappa shape index (κ3) is 25.1. The molecule has 0 aromatic heterocycles. The third-order valence-corrected chi connectivity index (χ3v) is 6.67. The second-order valence-corrected chi connectivity index (χ2v) is 10.9. The summed E-state index contributed by atoms with van der Waals surface area (Å²) in [5.41, 5.74) is 0. The maximum atomic E-state index is 12.0. The Kier molecular flexibility index (Phi) is 24.7. The summed E-state index contributed by atoms with van der Waals surface area (Å²) in [5.74, 6) is 0. The zero-order valence-electron chi connectivity index (χ0n) is 22.7. The van der Waals surface area contributed by atoms with Gasteiger partial charge in [0, 0.05) is 25.8 Å². The van der Waals surface area contributed by atoms with Crippen LogP contribution in [0.15, 0.2) is 0 Å². The molecule has 0 aromatic carbocycles. The van der Waals surface area contributed by atoms with Crippen LogP contribution in [-0.2, 0) is 23.1 Å². The van der Waals surface area contributed by atoms with E-state index in [2.05, 4.69) is 12.2 Å². The predicted octanol–water partition coefficient (Wildman–Crippen LogP) is 7.02. The quantitative estimate of drug-likeness (QED) is 0.0909. The van der Waals surface area contributed by atoms with E-state index in [1.807, 2.05) is 20.8 Å². The van der Waals surface area contributed by atoms with E-state index in [1.165, 1.54) is 83.5 Å². The molecule has 0 aromatic rings. The van der Waals surface area contributed by atoms with Gasteiger partial charge in [-0.05, 0) is 13.3 Å². The first-order chi connectivity index (χ1) is 16.4.